The molecule has 1 amide bonds. The van der Waals surface area contributed by atoms with Gasteiger partial charge in [-0.05, 0) is 31.5 Å². The number of nitrogens with one attached hydrogen (secondary N) is 1. The van der Waals surface area contributed by atoms with Crippen LogP contribution in [0.1, 0.15) is 37.6 Å². The summed E-state index contributed by atoms with van der Waals surface area (Å²) < 4.78 is 5.55. The van der Waals surface area contributed by atoms with Crippen LogP contribution >= 0.6 is 12.4 Å². The van der Waals surface area contributed by atoms with Crippen LogP contribution in [0.25, 0.3) is 0 Å². The van der Waals surface area contributed by atoms with Crippen LogP contribution in [0.15, 0.2) is 24.3 Å². The average Bonchev–Trinajstić information content (AvgIpc) is 2.37. The quantitative estimate of drug-likeness (QED) is 0.843. The van der Waals surface area contributed by atoms with E-state index in [2.05, 4.69) is 26.1 Å². The molecule has 3 N–H and O–H groups in total. The molecule has 0 spiro atoms. The van der Waals surface area contributed by atoms with Crippen molar-refractivity contribution in [2.75, 3.05) is 12.8 Å². The van der Waals surface area contributed by atoms with E-state index in [1.165, 1.54) is 0 Å². The van der Waals surface area contributed by atoms with E-state index in [9.17, 15) is 4.79 Å². The van der Waals surface area contributed by atoms with Gasteiger partial charge in [-0.3, -0.25) is 4.79 Å². The first-order valence-corrected chi connectivity index (χ1v) is 6.52. The summed E-state index contributed by atoms with van der Waals surface area (Å²) in [6, 6.07) is 7.14. The predicted octanol–water partition coefficient (Wildman–Crippen LogP) is 2.62. The maximum absolute atomic E-state index is 12.2. The molecule has 4 nitrogen and oxygen atoms in total. The third-order valence-corrected chi connectivity index (χ3v) is 4.73. The second kappa shape index (κ2) is 5.62. The van der Waals surface area contributed by atoms with E-state index in [4.69, 9.17) is 10.5 Å². The predicted molar refractivity (Wildman–Crippen MR) is 83.2 cm³/mol. The number of anilines is 1. The van der Waals surface area contributed by atoms with Crippen LogP contribution in [0.3, 0.4) is 0 Å². The fourth-order valence-corrected chi connectivity index (χ4v) is 2.64. The monoisotopic (exact) mass is 298 g/mol. The zero-order valence-corrected chi connectivity index (χ0v) is 13.2. The van der Waals surface area contributed by atoms with Crippen LogP contribution in [0, 0.1) is 5.41 Å². The van der Waals surface area contributed by atoms with Crippen molar-refractivity contribution in [1.29, 1.82) is 0 Å². The number of nitrogens with two attached hydrogens (primary N) is 1. The highest BCUT2D eigenvalue weighted by atomic mass is 35.5. The number of methoxy groups -OCH3 is 1. The Morgan fingerprint density at radius 3 is 2.55 bits per heavy atom. The smallest absolute Gasteiger partial charge is 0.251 e. The summed E-state index contributed by atoms with van der Waals surface area (Å²) in [4.78, 5) is 12.2. The van der Waals surface area contributed by atoms with Crippen molar-refractivity contribution < 1.29 is 9.53 Å². The zero-order chi connectivity index (χ0) is 14.3. The number of carbonyl (C=O) groups excluding carboxylic acids is 1. The van der Waals surface area contributed by atoms with Gasteiger partial charge in [0.1, 0.15) is 0 Å². The second-order valence-corrected chi connectivity index (χ2v) is 6.01. The fourth-order valence-electron chi connectivity index (χ4n) is 2.64. The standard InChI is InChI=1S/C15H22N2O2.ClH/c1-14(2)12(9-15(14,3)19-4)17-13(18)10-6-5-7-11(16)8-10;/h5-8,12H,9,16H2,1-4H3,(H,17,18);1H. The number of carbonyl (C=O) groups is 1. The zero-order valence-electron chi connectivity index (χ0n) is 12.4. The molecule has 1 aromatic rings. The van der Waals surface area contributed by atoms with Gasteiger partial charge in [0.25, 0.3) is 5.91 Å². The molecular weight excluding hydrogens is 276 g/mol. The van der Waals surface area contributed by atoms with Crippen LogP contribution < -0.4 is 11.1 Å². The van der Waals surface area contributed by atoms with E-state index in [-0.39, 0.29) is 35.4 Å². The summed E-state index contributed by atoms with van der Waals surface area (Å²) in [5, 5.41) is 3.07. The van der Waals surface area contributed by atoms with Gasteiger partial charge in [0, 0.05) is 29.8 Å². The minimum atomic E-state index is -0.180. The number of rotatable bonds is 3. The number of hydrogen-bond acceptors (Lipinski definition) is 3. The lowest BCUT2D eigenvalue weighted by Gasteiger charge is -2.59. The maximum Gasteiger partial charge on any atom is 0.251 e. The molecule has 1 saturated carbocycles. The summed E-state index contributed by atoms with van der Waals surface area (Å²) >= 11 is 0. The van der Waals surface area contributed by atoms with Crippen LogP contribution in [0.2, 0.25) is 0 Å². The lowest BCUT2D eigenvalue weighted by molar-refractivity contribution is -0.177. The van der Waals surface area contributed by atoms with Crippen molar-refractivity contribution in [3.8, 4) is 0 Å². The molecule has 2 rings (SSSR count). The first-order valence-electron chi connectivity index (χ1n) is 6.52. The third kappa shape index (κ3) is 2.63. The molecule has 0 aliphatic heterocycles. The van der Waals surface area contributed by atoms with Gasteiger partial charge < -0.3 is 15.8 Å². The SMILES string of the molecule is COC1(C)CC(NC(=O)c2cccc(N)c2)C1(C)C.Cl. The van der Waals surface area contributed by atoms with Crippen molar-refractivity contribution in [2.45, 2.75) is 38.8 Å². The number of halogens is 1. The van der Waals surface area contributed by atoms with Crippen LogP contribution in [0.5, 0.6) is 0 Å². The average molecular weight is 299 g/mol. The van der Waals surface area contributed by atoms with Gasteiger partial charge in [-0.25, -0.2) is 0 Å². The van der Waals surface area contributed by atoms with Crippen molar-refractivity contribution in [1.82, 2.24) is 5.32 Å². The van der Waals surface area contributed by atoms with Gasteiger partial charge >= 0.3 is 0 Å². The molecule has 0 saturated heterocycles. The van der Waals surface area contributed by atoms with Gasteiger partial charge in [0.15, 0.2) is 0 Å². The Hall–Kier alpha value is -1.26. The molecule has 112 valence electrons. The summed E-state index contributed by atoms with van der Waals surface area (Å²) in [5.41, 5.74) is 6.62. The van der Waals surface area contributed by atoms with Crippen molar-refractivity contribution >= 4 is 24.0 Å². The molecule has 0 radical (unpaired) electrons. The Morgan fingerprint density at radius 1 is 1.40 bits per heavy atom. The molecule has 1 fully saturated rings. The molecule has 1 aliphatic rings. The van der Waals surface area contributed by atoms with E-state index < -0.39 is 0 Å². The van der Waals surface area contributed by atoms with Gasteiger partial charge in [0.2, 0.25) is 0 Å². The summed E-state index contributed by atoms with van der Waals surface area (Å²) in [6.07, 6.45) is 0.824. The van der Waals surface area contributed by atoms with E-state index in [0.717, 1.165) is 6.42 Å². The minimum absolute atomic E-state index is 0. The number of ether oxygens (including phenoxy) is 1. The highest BCUT2D eigenvalue weighted by Gasteiger charge is 2.58. The summed E-state index contributed by atoms with van der Waals surface area (Å²) in [5.74, 6) is -0.0801. The minimum Gasteiger partial charge on any atom is -0.399 e. The highest BCUT2D eigenvalue weighted by Crippen LogP contribution is 2.51. The molecular formula is C15H23ClN2O2. The van der Waals surface area contributed by atoms with Gasteiger partial charge in [0.05, 0.1) is 5.60 Å². The molecule has 2 atom stereocenters. The second-order valence-electron chi connectivity index (χ2n) is 6.01. The highest BCUT2D eigenvalue weighted by molar-refractivity contribution is 5.95. The Balaban J connectivity index is 0.00000200. The Bertz CT molecular complexity index is 504. The van der Waals surface area contributed by atoms with E-state index in [1.54, 1.807) is 31.4 Å². The lowest BCUT2D eigenvalue weighted by Crippen LogP contribution is -2.68. The third-order valence-electron chi connectivity index (χ3n) is 4.73. The Labute approximate surface area is 126 Å². The van der Waals surface area contributed by atoms with Crippen LogP contribution in [-0.2, 0) is 4.74 Å². The number of nitrogen functional groups attached to an aromatic ring is 1. The molecule has 0 bridgehead atoms. The molecule has 1 aliphatic carbocycles. The van der Waals surface area contributed by atoms with Crippen molar-refractivity contribution in [2.24, 2.45) is 5.41 Å². The van der Waals surface area contributed by atoms with Crippen molar-refractivity contribution in [3.63, 3.8) is 0 Å². The van der Waals surface area contributed by atoms with E-state index in [0.29, 0.717) is 11.3 Å². The number of hydrogen-bond donors (Lipinski definition) is 2. The van der Waals surface area contributed by atoms with Gasteiger partial charge in [-0.15, -0.1) is 12.4 Å². The topological polar surface area (TPSA) is 64.3 Å². The molecule has 0 heterocycles. The molecule has 0 aromatic heterocycles. The molecule has 20 heavy (non-hydrogen) atoms. The Morgan fingerprint density at radius 2 is 2.05 bits per heavy atom. The van der Waals surface area contributed by atoms with Gasteiger partial charge in [-0.2, -0.15) is 0 Å². The fraction of sp³-hybridized carbons (Fsp3) is 0.533. The maximum atomic E-state index is 12.2. The van der Waals surface area contributed by atoms with E-state index >= 15 is 0 Å². The van der Waals surface area contributed by atoms with Crippen LogP contribution in [-0.4, -0.2) is 24.7 Å². The summed E-state index contributed by atoms with van der Waals surface area (Å²) in [7, 11) is 1.72. The summed E-state index contributed by atoms with van der Waals surface area (Å²) in [6.45, 7) is 6.31. The molecule has 2 unspecified atom stereocenters. The number of benzene rings is 1. The number of amides is 1. The molecule has 1 aromatic carbocycles. The largest absolute Gasteiger partial charge is 0.399 e. The lowest BCUT2D eigenvalue weighted by atomic mass is 9.56. The first kappa shape index (κ1) is 16.8. The van der Waals surface area contributed by atoms with Crippen molar-refractivity contribution in [3.05, 3.63) is 29.8 Å². The first-order chi connectivity index (χ1) is 8.80. The van der Waals surface area contributed by atoms with Crippen LogP contribution in [0.4, 0.5) is 5.69 Å². The van der Waals surface area contributed by atoms with E-state index in [1.807, 2.05) is 0 Å². The van der Waals surface area contributed by atoms with Gasteiger partial charge in [-0.1, -0.05) is 19.9 Å². The molecule has 5 heteroatoms. The Kier molecular flexibility index (Phi) is 4.72. The normalized spacial score (nSPS) is 27.1.